The van der Waals surface area contributed by atoms with Crippen molar-refractivity contribution in [2.24, 2.45) is 0 Å². The van der Waals surface area contributed by atoms with Gasteiger partial charge in [0, 0.05) is 17.5 Å². The summed E-state index contributed by atoms with van der Waals surface area (Å²) in [4.78, 5) is 28.1. The second-order valence-corrected chi connectivity index (χ2v) is 8.28. The molecule has 168 valence electrons. The number of rotatable bonds is 7. The molecule has 0 saturated carbocycles. The molecular weight excluding hydrogens is 416 g/mol. The molecule has 4 aromatic rings. The van der Waals surface area contributed by atoms with Crippen LogP contribution in [0.2, 0.25) is 0 Å². The third-order valence-electron chi connectivity index (χ3n) is 6.08. The van der Waals surface area contributed by atoms with Gasteiger partial charge in [-0.05, 0) is 38.1 Å². The molecule has 33 heavy (non-hydrogen) atoms. The van der Waals surface area contributed by atoms with Crippen molar-refractivity contribution in [2.75, 3.05) is 19.6 Å². The fourth-order valence-corrected chi connectivity index (χ4v) is 4.28. The Morgan fingerprint density at radius 2 is 1.70 bits per heavy atom. The van der Waals surface area contributed by atoms with Crippen molar-refractivity contribution < 1.29 is 4.79 Å². The van der Waals surface area contributed by atoms with E-state index >= 15 is 0 Å². The summed E-state index contributed by atoms with van der Waals surface area (Å²) in [6.45, 7) is 3.68. The van der Waals surface area contributed by atoms with Crippen molar-refractivity contribution in [1.82, 2.24) is 30.2 Å². The number of hydrogen-bond acceptors (Lipinski definition) is 5. The van der Waals surface area contributed by atoms with Crippen LogP contribution in [0, 0.1) is 0 Å². The molecule has 0 unspecified atom stereocenters. The van der Waals surface area contributed by atoms with Crippen molar-refractivity contribution in [2.45, 2.75) is 25.9 Å². The first-order chi connectivity index (χ1) is 16.2. The standard InChI is InChI=1S/C25H26N6O2/c32-24(22-16-21(27-28-22)18-8-2-1-3-9-18)26-17-23-19-10-4-5-11-20(19)25(33)31(29-23)15-14-30-12-6-7-13-30/h1-5,8-11,16H,6-7,12-15,17H2,(H,26,32)(H,27,28). The van der Waals surface area contributed by atoms with E-state index in [9.17, 15) is 9.59 Å². The average Bonchev–Trinajstić information content (AvgIpc) is 3.56. The zero-order chi connectivity index (χ0) is 22.6. The number of benzene rings is 2. The highest BCUT2D eigenvalue weighted by Crippen LogP contribution is 2.17. The molecule has 0 atom stereocenters. The quantitative estimate of drug-likeness (QED) is 0.459. The first-order valence-electron chi connectivity index (χ1n) is 11.3. The van der Waals surface area contributed by atoms with Gasteiger partial charge >= 0.3 is 0 Å². The van der Waals surface area contributed by atoms with Crippen LogP contribution >= 0.6 is 0 Å². The lowest BCUT2D eigenvalue weighted by molar-refractivity contribution is 0.0945. The number of fused-ring (bicyclic) bond motifs is 1. The van der Waals surface area contributed by atoms with Crippen molar-refractivity contribution in [3.05, 3.63) is 82.4 Å². The van der Waals surface area contributed by atoms with E-state index in [1.54, 1.807) is 6.07 Å². The number of carbonyl (C=O) groups is 1. The Bertz CT molecular complexity index is 1320. The second kappa shape index (κ2) is 9.38. The summed E-state index contributed by atoms with van der Waals surface area (Å²) in [6, 6.07) is 18.8. The molecule has 0 spiro atoms. The molecule has 8 heteroatoms. The minimum Gasteiger partial charge on any atom is -0.345 e. The van der Waals surface area contributed by atoms with Crippen molar-refractivity contribution in [3.8, 4) is 11.3 Å². The Morgan fingerprint density at radius 3 is 2.48 bits per heavy atom. The molecule has 1 fully saturated rings. The molecule has 2 N–H and O–H groups in total. The van der Waals surface area contributed by atoms with Gasteiger partial charge in [-0.3, -0.25) is 14.7 Å². The van der Waals surface area contributed by atoms with Gasteiger partial charge in [-0.1, -0.05) is 48.5 Å². The van der Waals surface area contributed by atoms with E-state index in [1.807, 2.05) is 54.6 Å². The SMILES string of the molecule is O=C(NCc1nn(CCN2CCCC2)c(=O)c2ccccc12)c1cc(-c2ccccc2)n[nH]1. The van der Waals surface area contributed by atoms with Gasteiger partial charge in [-0.25, -0.2) is 4.68 Å². The van der Waals surface area contributed by atoms with Crippen molar-refractivity contribution in [1.29, 1.82) is 0 Å². The Labute approximate surface area is 191 Å². The van der Waals surface area contributed by atoms with E-state index in [2.05, 4.69) is 25.5 Å². The van der Waals surface area contributed by atoms with Gasteiger partial charge in [0.05, 0.1) is 29.9 Å². The van der Waals surface area contributed by atoms with Crippen LogP contribution in [0.5, 0.6) is 0 Å². The highest BCUT2D eigenvalue weighted by molar-refractivity contribution is 5.93. The number of aromatic nitrogens is 4. The smallest absolute Gasteiger partial charge is 0.274 e. The Hall–Kier alpha value is -3.78. The number of aromatic amines is 1. The number of H-pyrrole nitrogens is 1. The van der Waals surface area contributed by atoms with Crippen LogP contribution in [0.15, 0.2) is 65.5 Å². The van der Waals surface area contributed by atoms with Crippen LogP contribution < -0.4 is 10.9 Å². The lowest BCUT2D eigenvalue weighted by Crippen LogP contribution is -2.32. The molecule has 0 aliphatic carbocycles. The van der Waals surface area contributed by atoms with Gasteiger partial charge in [-0.2, -0.15) is 10.2 Å². The van der Waals surface area contributed by atoms with Crippen LogP contribution in [-0.4, -0.2) is 50.4 Å². The summed E-state index contributed by atoms with van der Waals surface area (Å²) in [5.41, 5.74) is 2.59. The van der Waals surface area contributed by atoms with E-state index in [1.165, 1.54) is 17.5 Å². The van der Waals surface area contributed by atoms with Gasteiger partial charge in [0.1, 0.15) is 5.69 Å². The summed E-state index contributed by atoms with van der Waals surface area (Å²) in [5.74, 6) is -0.273. The molecule has 0 radical (unpaired) electrons. The summed E-state index contributed by atoms with van der Waals surface area (Å²) < 4.78 is 1.53. The van der Waals surface area contributed by atoms with Gasteiger partial charge in [-0.15, -0.1) is 0 Å². The first kappa shape index (κ1) is 21.1. The molecule has 1 amide bonds. The third-order valence-corrected chi connectivity index (χ3v) is 6.08. The minimum atomic E-state index is -0.273. The monoisotopic (exact) mass is 442 g/mol. The summed E-state index contributed by atoms with van der Waals surface area (Å²) in [7, 11) is 0. The van der Waals surface area contributed by atoms with E-state index in [-0.39, 0.29) is 18.0 Å². The van der Waals surface area contributed by atoms with Crippen LogP contribution in [0.1, 0.15) is 29.0 Å². The van der Waals surface area contributed by atoms with E-state index in [4.69, 9.17) is 0 Å². The Balaban J connectivity index is 1.34. The van der Waals surface area contributed by atoms with Gasteiger partial charge < -0.3 is 10.2 Å². The third kappa shape index (κ3) is 4.56. The largest absolute Gasteiger partial charge is 0.345 e. The van der Waals surface area contributed by atoms with E-state index in [0.29, 0.717) is 29.0 Å². The lowest BCUT2D eigenvalue weighted by Gasteiger charge is -2.16. The molecule has 2 aromatic heterocycles. The van der Waals surface area contributed by atoms with Gasteiger partial charge in [0.2, 0.25) is 0 Å². The van der Waals surface area contributed by atoms with E-state index < -0.39 is 0 Å². The first-order valence-corrected chi connectivity index (χ1v) is 11.3. The molecule has 5 rings (SSSR count). The van der Waals surface area contributed by atoms with Crippen LogP contribution in [0.4, 0.5) is 0 Å². The van der Waals surface area contributed by atoms with E-state index in [0.717, 1.165) is 30.6 Å². The van der Waals surface area contributed by atoms with Crippen LogP contribution in [0.3, 0.4) is 0 Å². The van der Waals surface area contributed by atoms with Gasteiger partial charge in [0.25, 0.3) is 11.5 Å². The fourth-order valence-electron chi connectivity index (χ4n) is 4.28. The molecule has 3 heterocycles. The number of carbonyl (C=O) groups excluding carboxylic acids is 1. The maximum absolute atomic E-state index is 13.0. The van der Waals surface area contributed by atoms with Crippen molar-refractivity contribution in [3.63, 3.8) is 0 Å². The normalized spacial score (nSPS) is 14.1. The number of hydrogen-bond donors (Lipinski definition) is 2. The molecule has 1 aliphatic rings. The number of likely N-dealkylation sites (tertiary alicyclic amines) is 1. The highest BCUT2D eigenvalue weighted by Gasteiger charge is 2.16. The molecule has 1 saturated heterocycles. The molecule has 1 aliphatic heterocycles. The predicted octanol–water partition coefficient (Wildman–Crippen LogP) is 2.81. The molecule has 2 aromatic carbocycles. The number of nitrogens with zero attached hydrogens (tertiary/aromatic N) is 4. The lowest BCUT2D eigenvalue weighted by atomic mass is 10.1. The predicted molar refractivity (Wildman–Crippen MR) is 127 cm³/mol. The number of amides is 1. The minimum absolute atomic E-state index is 0.0963. The second-order valence-electron chi connectivity index (χ2n) is 8.28. The average molecular weight is 443 g/mol. The molecule has 0 bridgehead atoms. The molecular formula is C25H26N6O2. The van der Waals surface area contributed by atoms with Gasteiger partial charge in [0.15, 0.2) is 0 Å². The van der Waals surface area contributed by atoms with Crippen LogP contribution in [-0.2, 0) is 13.1 Å². The van der Waals surface area contributed by atoms with Crippen molar-refractivity contribution >= 4 is 16.7 Å². The Morgan fingerprint density at radius 1 is 0.970 bits per heavy atom. The Kier molecular flexibility index (Phi) is 5.99. The van der Waals surface area contributed by atoms with Crippen LogP contribution in [0.25, 0.3) is 22.0 Å². The zero-order valence-electron chi connectivity index (χ0n) is 18.3. The zero-order valence-corrected chi connectivity index (χ0v) is 18.3. The topological polar surface area (TPSA) is 95.9 Å². The fraction of sp³-hybridized carbons (Fsp3) is 0.280. The summed E-state index contributed by atoms with van der Waals surface area (Å²) >= 11 is 0. The summed E-state index contributed by atoms with van der Waals surface area (Å²) in [6.07, 6.45) is 2.41. The summed E-state index contributed by atoms with van der Waals surface area (Å²) in [5, 5.41) is 16.0. The maximum Gasteiger partial charge on any atom is 0.274 e. The molecule has 8 nitrogen and oxygen atoms in total. The highest BCUT2D eigenvalue weighted by atomic mass is 16.2. The number of nitrogens with one attached hydrogen (secondary N) is 2. The maximum atomic E-state index is 13.0.